The predicted octanol–water partition coefficient (Wildman–Crippen LogP) is 0.808. The lowest BCUT2D eigenvalue weighted by atomic mass is 9.89. The van der Waals surface area contributed by atoms with Crippen molar-refractivity contribution in [2.45, 2.75) is 27.2 Å². The first-order chi connectivity index (χ1) is 6.43. The topological polar surface area (TPSA) is 46.6 Å². The largest absolute Gasteiger partial charge is 0.391 e. The van der Waals surface area contributed by atoms with Crippen LogP contribution in [0.4, 0.5) is 0 Å². The van der Waals surface area contributed by atoms with Gasteiger partial charge in [0.05, 0.1) is 13.1 Å². The Bertz CT molecular complexity index is 232. The lowest BCUT2D eigenvalue weighted by Gasteiger charge is -2.32. The standard InChI is InChI=1S/C10H17NO3/c1-4-10(2,3)7-11-5-8(12)14-9(13)6-11/h4-7H2,1-3H3. The summed E-state index contributed by atoms with van der Waals surface area (Å²) in [5.41, 5.74) is 0.137. The normalized spacial score (nSPS) is 19.6. The third kappa shape index (κ3) is 3.10. The monoisotopic (exact) mass is 199 g/mol. The van der Waals surface area contributed by atoms with Gasteiger partial charge in [-0.05, 0) is 11.8 Å². The molecule has 0 spiro atoms. The van der Waals surface area contributed by atoms with Gasteiger partial charge in [0.1, 0.15) is 0 Å². The minimum atomic E-state index is -0.437. The van der Waals surface area contributed by atoms with Crippen molar-refractivity contribution in [1.82, 2.24) is 4.90 Å². The summed E-state index contributed by atoms with van der Waals surface area (Å²) in [7, 11) is 0. The zero-order chi connectivity index (χ0) is 10.8. The molecule has 1 fully saturated rings. The van der Waals surface area contributed by atoms with Gasteiger partial charge in [0.2, 0.25) is 0 Å². The van der Waals surface area contributed by atoms with Crippen LogP contribution < -0.4 is 0 Å². The van der Waals surface area contributed by atoms with Crippen LogP contribution in [-0.2, 0) is 14.3 Å². The quantitative estimate of drug-likeness (QED) is 0.498. The molecule has 0 aromatic rings. The smallest absolute Gasteiger partial charge is 0.327 e. The third-order valence-electron chi connectivity index (χ3n) is 2.54. The van der Waals surface area contributed by atoms with Crippen molar-refractivity contribution in [3.8, 4) is 0 Å². The molecule has 0 unspecified atom stereocenters. The van der Waals surface area contributed by atoms with E-state index in [0.717, 1.165) is 13.0 Å². The molecule has 1 rings (SSSR count). The fourth-order valence-electron chi connectivity index (χ4n) is 1.44. The lowest BCUT2D eigenvalue weighted by Crippen LogP contribution is -2.46. The highest BCUT2D eigenvalue weighted by Gasteiger charge is 2.28. The molecule has 80 valence electrons. The van der Waals surface area contributed by atoms with Crippen LogP contribution in [0.3, 0.4) is 0 Å². The fourth-order valence-corrected chi connectivity index (χ4v) is 1.44. The first-order valence-corrected chi connectivity index (χ1v) is 4.89. The van der Waals surface area contributed by atoms with E-state index in [1.165, 1.54) is 0 Å². The molecule has 1 heterocycles. The summed E-state index contributed by atoms with van der Waals surface area (Å²) in [6.07, 6.45) is 1.02. The predicted molar refractivity (Wildman–Crippen MR) is 51.6 cm³/mol. The highest BCUT2D eigenvalue weighted by Crippen LogP contribution is 2.21. The van der Waals surface area contributed by atoms with E-state index in [2.05, 4.69) is 25.5 Å². The van der Waals surface area contributed by atoms with Crippen molar-refractivity contribution in [3.05, 3.63) is 0 Å². The van der Waals surface area contributed by atoms with Crippen LogP contribution in [0.2, 0.25) is 0 Å². The van der Waals surface area contributed by atoms with Gasteiger partial charge < -0.3 is 4.74 Å². The Kier molecular flexibility index (Phi) is 3.26. The van der Waals surface area contributed by atoms with E-state index in [4.69, 9.17) is 0 Å². The van der Waals surface area contributed by atoms with Gasteiger partial charge in [-0.3, -0.25) is 14.5 Å². The minimum Gasteiger partial charge on any atom is -0.391 e. The van der Waals surface area contributed by atoms with Gasteiger partial charge in [0, 0.05) is 6.54 Å². The van der Waals surface area contributed by atoms with Crippen molar-refractivity contribution in [3.63, 3.8) is 0 Å². The van der Waals surface area contributed by atoms with Gasteiger partial charge >= 0.3 is 11.9 Å². The van der Waals surface area contributed by atoms with Gasteiger partial charge in [0.15, 0.2) is 0 Å². The Balaban J connectivity index is 2.52. The Labute approximate surface area is 84.2 Å². The lowest BCUT2D eigenvalue weighted by molar-refractivity contribution is -0.167. The maximum absolute atomic E-state index is 11.0. The molecule has 0 aliphatic carbocycles. The molecule has 0 aromatic heterocycles. The number of carbonyl (C=O) groups excluding carboxylic acids is 2. The van der Waals surface area contributed by atoms with Crippen molar-refractivity contribution < 1.29 is 14.3 Å². The van der Waals surface area contributed by atoms with Gasteiger partial charge in [-0.25, -0.2) is 0 Å². The van der Waals surface area contributed by atoms with Crippen molar-refractivity contribution in [2.24, 2.45) is 5.41 Å². The average Bonchev–Trinajstić information content (AvgIpc) is 2.01. The number of cyclic esters (lactones) is 2. The first kappa shape index (κ1) is 11.2. The summed E-state index contributed by atoms with van der Waals surface area (Å²) >= 11 is 0. The Morgan fingerprint density at radius 2 is 1.79 bits per heavy atom. The Morgan fingerprint density at radius 1 is 1.29 bits per heavy atom. The SMILES string of the molecule is CCC(C)(C)CN1CC(=O)OC(=O)C1. The maximum atomic E-state index is 11.0. The maximum Gasteiger partial charge on any atom is 0.327 e. The second-order valence-electron chi connectivity index (χ2n) is 4.51. The molecule has 0 atom stereocenters. The third-order valence-corrected chi connectivity index (χ3v) is 2.54. The molecule has 1 saturated heterocycles. The molecule has 4 heteroatoms. The molecule has 1 aliphatic rings. The minimum absolute atomic E-state index is 0.137. The molecule has 0 aromatic carbocycles. The van der Waals surface area contributed by atoms with Gasteiger partial charge in [-0.2, -0.15) is 0 Å². The summed E-state index contributed by atoms with van der Waals surface area (Å²) in [5, 5.41) is 0. The van der Waals surface area contributed by atoms with Crippen molar-refractivity contribution >= 4 is 11.9 Å². The number of hydrogen-bond acceptors (Lipinski definition) is 4. The number of morpholine rings is 1. The highest BCUT2D eigenvalue weighted by atomic mass is 16.6. The molecular weight excluding hydrogens is 182 g/mol. The zero-order valence-electron chi connectivity index (χ0n) is 9.00. The van der Waals surface area contributed by atoms with Crippen LogP contribution in [0.25, 0.3) is 0 Å². The second kappa shape index (κ2) is 4.09. The highest BCUT2D eigenvalue weighted by molar-refractivity contribution is 5.90. The van der Waals surface area contributed by atoms with Gasteiger partial charge in [-0.15, -0.1) is 0 Å². The van der Waals surface area contributed by atoms with E-state index < -0.39 is 11.9 Å². The van der Waals surface area contributed by atoms with Crippen LogP contribution in [-0.4, -0.2) is 36.5 Å². The average molecular weight is 199 g/mol. The van der Waals surface area contributed by atoms with E-state index in [-0.39, 0.29) is 18.5 Å². The number of hydrogen-bond donors (Lipinski definition) is 0. The molecule has 1 aliphatic heterocycles. The van der Waals surface area contributed by atoms with E-state index in [0.29, 0.717) is 0 Å². The van der Waals surface area contributed by atoms with E-state index in [1.807, 2.05) is 4.90 Å². The second-order valence-corrected chi connectivity index (χ2v) is 4.51. The molecule has 4 nitrogen and oxygen atoms in total. The van der Waals surface area contributed by atoms with Crippen molar-refractivity contribution in [2.75, 3.05) is 19.6 Å². The van der Waals surface area contributed by atoms with E-state index >= 15 is 0 Å². The Hall–Kier alpha value is -0.900. The van der Waals surface area contributed by atoms with Crippen LogP contribution >= 0.6 is 0 Å². The van der Waals surface area contributed by atoms with E-state index in [1.54, 1.807) is 0 Å². The van der Waals surface area contributed by atoms with E-state index in [9.17, 15) is 9.59 Å². The van der Waals surface area contributed by atoms with Crippen molar-refractivity contribution in [1.29, 1.82) is 0 Å². The molecule has 0 saturated carbocycles. The summed E-state index contributed by atoms with van der Waals surface area (Å²) in [6.45, 7) is 7.56. The molecule has 14 heavy (non-hydrogen) atoms. The number of carbonyl (C=O) groups is 2. The van der Waals surface area contributed by atoms with Crippen LogP contribution in [0.1, 0.15) is 27.2 Å². The van der Waals surface area contributed by atoms with Crippen LogP contribution in [0, 0.1) is 5.41 Å². The number of ether oxygens (including phenoxy) is 1. The molecule has 0 N–H and O–H groups in total. The van der Waals surface area contributed by atoms with Gasteiger partial charge in [-0.1, -0.05) is 20.8 Å². The molecule has 0 amide bonds. The summed E-state index contributed by atoms with van der Waals surface area (Å²) in [5.74, 6) is -0.874. The van der Waals surface area contributed by atoms with Crippen LogP contribution in [0.15, 0.2) is 0 Å². The molecule has 0 bridgehead atoms. The Morgan fingerprint density at radius 3 is 2.21 bits per heavy atom. The number of nitrogens with zero attached hydrogens (tertiary/aromatic N) is 1. The van der Waals surface area contributed by atoms with Crippen LogP contribution in [0.5, 0.6) is 0 Å². The first-order valence-electron chi connectivity index (χ1n) is 4.89. The summed E-state index contributed by atoms with van der Waals surface area (Å²) < 4.78 is 4.45. The summed E-state index contributed by atoms with van der Waals surface area (Å²) in [6, 6.07) is 0. The summed E-state index contributed by atoms with van der Waals surface area (Å²) in [4.78, 5) is 23.8. The van der Waals surface area contributed by atoms with Gasteiger partial charge in [0.25, 0.3) is 0 Å². The number of rotatable bonds is 3. The fraction of sp³-hybridized carbons (Fsp3) is 0.800. The molecular formula is C10H17NO3. The number of esters is 2. The zero-order valence-corrected chi connectivity index (χ0v) is 9.00. The molecule has 0 radical (unpaired) electrons.